The van der Waals surface area contributed by atoms with Crippen LogP contribution < -0.4 is 15.0 Å². The van der Waals surface area contributed by atoms with Crippen molar-refractivity contribution < 1.29 is 19.2 Å². The van der Waals surface area contributed by atoms with Crippen LogP contribution in [-0.4, -0.2) is 23.8 Å². The summed E-state index contributed by atoms with van der Waals surface area (Å²) in [6.45, 7) is 3.78. The van der Waals surface area contributed by atoms with Crippen molar-refractivity contribution in [3.63, 3.8) is 0 Å². The smallest absolute Gasteiger partial charge is 0.282 e. The quantitative estimate of drug-likeness (QED) is 0.339. The van der Waals surface area contributed by atoms with Crippen LogP contribution in [0.1, 0.15) is 16.7 Å². The molecule has 0 atom stereocenters. The Balaban J connectivity index is 1.81. The molecule has 0 fully saturated rings. The Morgan fingerprint density at radius 1 is 0.879 bits per heavy atom. The van der Waals surface area contributed by atoms with E-state index in [1.54, 1.807) is 43.5 Å². The fourth-order valence-corrected chi connectivity index (χ4v) is 3.80. The minimum atomic E-state index is -0.516. The number of hydrogen-bond acceptors (Lipinski definition) is 6. The van der Waals surface area contributed by atoms with Gasteiger partial charge in [-0.3, -0.25) is 19.7 Å². The van der Waals surface area contributed by atoms with Crippen molar-refractivity contribution in [2.24, 2.45) is 0 Å². The number of carbonyl (C=O) groups excluding carboxylic acids is 2. The number of benzene rings is 3. The zero-order valence-corrected chi connectivity index (χ0v) is 18.3. The maximum Gasteiger partial charge on any atom is 0.282 e. The van der Waals surface area contributed by atoms with Crippen LogP contribution in [0.4, 0.5) is 17.1 Å². The summed E-state index contributed by atoms with van der Waals surface area (Å²) in [6, 6.07) is 18.0. The van der Waals surface area contributed by atoms with Gasteiger partial charge >= 0.3 is 0 Å². The normalized spacial score (nSPS) is 13.5. The Kier molecular flexibility index (Phi) is 5.66. The second kappa shape index (κ2) is 8.58. The molecule has 1 heterocycles. The number of rotatable bonds is 6. The lowest BCUT2D eigenvalue weighted by molar-refractivity contribution is -0.384. The van der Waals surface area contributed by atoms with Crippen LogP contribution in [0.2, 0.25) is 0 Å². The number of hydrogen-bond donors (Lipinski definition) is 1. The SMILES string of the molecule is COc1ccc(NC2=C(c3ccc([N+](=O)[O-])cc3)C(=O)N(c3cc(C)cc(C)c3)C2=O)cc1. The standard InChI is InChI=1S/C25H21N3O5/c1-15-12-16(2)14-20(13-15)27-24(29)22(17-4-8-19(9-5-17)28(31)32)23(25(27)30)26-18-6-10-21(33-3)11-7-18/h4-14,26H,1-3H3. The maximum absolute atomic E-state index is 13.5. The molecule has 0 saturated carbocycles. The molecule has 3 aromatic carbocycles. The lowest BCUT2D eigenvalue weighted by Crippen LogP contribution is -2.32. The first-order chi connectivity index (χ1) is 15.8. The number of ether oxygens (including phenoxy) is 1. The van der Waals surface area contributed by atoms with Crippen molar-refractivity contribution in [2.75, 3.05) is 17.3 Å². The predicted octanol–water partition coefficient (Wildman–Crippen LogP) is 4.62. The van der Waals surface area contributed by atoms with E-state index in [1.807, 2.05) is 19.9 Å². The molecule has 4 rings (SSSR count). The summed E-state index contributed by atoms with van der Waals surface area (Å²) in [4.78, 5) is 38.7. The highest BCUT2D eigenvalue weighted by atomic mass is 16.6. The number of carbonyl (C=O) groups is 2. The fraction of sp³-hybridized carbons (Fsp3) is 0.120. The molecular weight excluding hydrogens is 422 g/mol. The van der Waals surface area contributed by atoms with Gasteiger partial charge in [0.05, 0.1) is 23.3 Å². The third-order valence-electron chi connectivity index (χ3n) is 5.27. The topological polar surface area (TPSA) is 102 Å². The molecule has 1 aliphatic rings. The highest BCUT2D eigenvalue weighted by molar-refractivity contribution is 6.46. The van der Waals surface area contributed by atoms with E-state index in [0.29, 0.717) is 22.7 Å². The molecule has 0 saturated heterocycles. The third kappa shape index (κ3) is 4.18. The summed E-state index contributed by atoms with van der Waals surface area (Å²) in [5.74, 6) is -0.361. The van der Waals surface area contributed by atoms with E-state index < -0.39 is 16.7 Å². The molecule has 1 N–H and O–H groups in total. The summed E-state index contributed by atoms with van der Waals surface area (Å²) < 4.78 is 5.17. The maximum atomic E-state index is 13.5. The number of anilines is 2. The molecule has 166 valence electrons. The van der Waals surface area contributed by atoms with Crippen LogP contribution in [0.3, 0.4) is 0 Å². The lowest BCUT2D eigenvalue weighted by Gasteiger charge is -2.17. The number of nitro groups is 1. The van der Waals surface area contributed by atoms with Crippen molar-refractivity contribution in [3.05, 3.63) is 99.2 Å². The van der Waals surface area contributed by atoms with Gasteiger partial charge in [-0.2, -0.15) is 0 Å². The summed E-state index contributed by atoms with van der Waals surface area (Å²) in [7, 11) is 1.55. The Bertz CT molecular complexity index is 1270. The number of aryl methyl sites for hydroxylation is 2. The predicted molar refractivity (Wildman–Crippen MR) is 125 cm³/mol. The number of amides is 2. The van der Waals surface area contributed by atoms with Gasteiger partial charge < -0.3 is 10.1 Å². The number of imide groups is 1. The van der Waals surface area contributed by atoms with Crippen molar-refractivity contribution in [3.8, 4) is 5.75 Å². The molecule has 3 aromatic rings. The van der Waals surface area contributed by atoms with Gasteiger partial charge in [0.1, 0.15) is 11.4 Å². The van der Waals surface area contributed by atoms with Gasteiger partial charge in [-0.25, -0.2) is 4.90 Å². The van der Waals surface area contributed by atoms with Crippen molar-refractivity contribution in [1.29, 1.82) is 0 Å². The Morgan fingerprint density at radius 3 is 2.03 bits per heavy atom. The zero-order valence-electron chi connectivity index (χ0n) is 18.3. The first-order valence-corrected chi connectivity index (χ1v) is 10.2. The lowest BCUT2D eigenvalue weighted by atomic mass is 10.0. The van der Waals surface area contributed by atoms with Crippen LogP contribution in [-0.2, 0) is 9.59 Å². The molecule has 8 heteroatoms. The van der Waals surface area contributed by atoms with Crippen LogP contribution in [0.25, 0.3) is 5.57 Å². The fourth-order valence-electron chi connectivity index (χ4n) is 3.80. The van der Waals surface area contributed by atoms with Crippen molar-refractivity contribution in [1.82, 2.24) is 0 Å². The molecule has 8 nitrogen and oxygen atoms in total. The van der Waals surface area contributed by atoms with Gasteiger partial charge in [0.2, 0.25) is 0 Å². The minimum absolute atomic E-state index is 0.0955. The number of nitro benzene ring substituents is 1. The molecule has 0 spiro atoms. The molecule has 33 heavy (non-hydrogen) atoms. The van der Waals surface area contributed by atoms with Crippen LogP contribution >= 0.6 is 0 Å². The molecule has 0 unspecified atom stereocenters. The Hall–Kier alpha value is -4.46. The van der Waals surface area contributed by atoms with Crippen LogP contribution in [0, 0.1) is 24.0 Å². The highest BCUT2D eigenvalue weighted by Gasteiger charge is 2.40. The van der Waals surface area contributed by atoms with E-state index in [0.717, 1.165) is 16.0 Å². The minimum Gasteiger partial charge on any atom is -0.497 e. The number of nitrogens with one attached hydrogen (secondary N) is 1. The van der Waals surface area contributed by atoms with Gasteiger partial charge in [0.25, 0.3) is 17.5 Å². The zero-order chi connectivity index (χ0) is 23.7. The number of methoxy groups -OCH3 is 1. The summed E-state index contributed by atoms with van der Waals surface area (Å²) in [5.41, 5.74) is 3.43. The molecular formula is C25H21N3O5. The molecule has 0 aliphatic carbocycles. The van der Waals surface area contributed by atoms with E-state index >= 15 is 0 Å². The largest absolute Gasteiger partial charge is 0.497 e. The monoisotopic (exact) mass is 443 g/mol. The van der Waals surface area contributed by atoms with Gasteiger partial charge in [-0.1, -0.05) is 6.07 Å². The number of nitrogens with zero attached hydrogens (tertiary/aromatic N) is 2. The van der Waals surface area contributed by atoms with E-state index in [2.05, 4.69) is 5.32 Å². The van der Waals surface area contributed by atoms with E-state index in [4.69, 9.17) is 4.74 Å². The molecule has 0 aromatic heterocycles. The van der Waals surface area contributed by atoms with E-state index in [9.17, 15) is 19.7 Å². The van der Waals surface area contributed by atoms with Crippen LogP contribution in [0.15, 0.2) is 72.4 Å². The van der Waals surface area contributed by atoms with Crippen molar-refractivity contribution in [2.45, 2.75) is 13.8 Å². The van der Waals surface area contributed by atoms with Gasteiger partial charge in [-0.05, 0) is 79.1 Å². The van der Waals surface area contributed by atoms with Gasteiger partial charge in [-0.15, -0.1) is 0 Å². The average Bonchev–Trinajstić information content (AvgIpc) is 3.03. The van der Waals surface area contributed by atoms with E-state index in [1.165, 1.54) is 24.3 Å². The highest BCUT2D eigenvalue weighted by Crippen LogP contribution is 2.35. The average molecular weight is 443 g/mol. The van der Waals surface area contributed by atoms with Crippen LogP contribution in [0.5, 0.6) is 5.75 Å². The van der Waals surface area contributed by atoms with Gasteiger partial charge in [0.15, 0.2) is 0 Å². The number of non-ortho nitro benzene ring substituents is 1. The summed E-state index contributed by atoms with van der Waals surface area (Å²) >= 11 is 0. The molecule has 0 bridgehead atoms. The summed E-state index contributed by atoms with van der Waals surface area (Å²) in [5, 5.41) is 14.1. The van der Waals surface area contributed by atoms with Crippen molar-refractivity contribution >= 4 is 34.4 Å². The first kappa shape index (κ1) is 21.8. The first-order valence-electron chi connectivity index (χ1n) is 10.2. The second-order valence-corrected chi connectivity index (χ2v) is 7.70. The Morgan fingerprint density at radius 2 is 1.48 bits per heavy atom. The molecule has 2 amide bonds. The second-order valence-electron chi connectivity index (χ2n) is 7.70. The summed E-state index contributed by atoms with van der Waals surface area (Å²) in [6.07, 6.45) is 0. The Labute approximate surface area is 190 Å². The van der Waals surface area contributed by atoms with Gasteiger partial charge in [0, 0.05) is 17.8 Å². The molecule has 0 radical (unpaired) electrons. The van der Waals surface area contributed by atoms with E-state index in [-0.39, 0.29) is 17.0 Å². The molecule has 1 aliphatic heterocycles. The third-order valence-corrected chi connectivity index (χ3v) is 5.27.